The van der Waals surface area contributed by atoms with Crippen LogP contribution < -0.4 is 10.1 Å². The number of nitrogens with one attached hydrogen (secondary N) is 1. The third-order valence-electron chi connectivity index (χ3n) is 3.30. The highest BCUT2D eigenvalue weighted by Crippen LogP contribution is 2.31. The van der Waals surface area contributed by atoms with Gasteiger partial charge < -0.3 is 14.8 Å². The molecule has 0 radical (unpaired) electrons. The third-order valence-corrected chi connectivity index (χ3v) is 3.30. The minimum atomic E-state index is -0.256. The lowest BCUT2D eigenvalue weighted by molar-refractivity contribution is -0.00917. The first-order chi connectivity index (χ1) is 7.96. The highest BCUT2D eigenvalue weighted by Gasteiger charge is 2.30. The van der Waals surface area contributed by atoms with E-state index < -0.39 is 0 Å². The fourth-order valence-corrected chi connectivity index (χ4v) is 2.09. The lowest BCUT2D eigenvalue weighted by Gasteiger charge is -2.34. The molecule has 1 aromatic carbocycles. The Morgan fingerprint density at radius 3 is 2.29 bits per heavy atom. The molecule has 0 aliphatic rings. The van der Waals surface area contributed by atoms with Gasteiger partial charge in [0.25, 0.3) is 0 Å². The van der Waals surface area contributed by atoms with Crippen molar-refractivity contribution in [3.8, 4) is 5.75 Å². The van der Waals surface area contributed by atoms with Gasteiger partial charge in [0, 0.05) is 7.11 Å². The topological polar surface area (TPSA) is 30.5 Å². The zero-order valence-corrected chi connectivity index (χ0v) is 11.6. The van der Waals surface area contributed by atoms with Crippen molar-refractivity contribution in [2.75, 3.05) is 21.3 Å². The molecule has 0 spiro atoms. The molecule has 0 aromatic heterocycles. The van der Waals surface area contributed by atoms with Crippen molar-refractivity contribution in [3.05, 3.63) is 29.3 Å². The number of aryl methyl sites for hydroxylation is 1. The highest BCUT2D eigenvalue weighted by atomic mass is 16.5. The second kappa shape index (κ2) is 5.52. The molecule has 1 atom stereocenters. The lowest BCUT2D eigenvalue weighted by atomic mass is 9.89. The molecule has 0 bridgehead atoms. The smallest absolute Gasteiger partial charge is 0.119 e. The van der Waals surface area contributed by atoms with Gasteiger partial charge in [-0.3, -0.25) is 0 Å². The molecule has 0 saturated carbocycles. The van der Waals surface area contributed by atoms with Crippen LogP contribution in [0.3, 0.4) is 0 Å². The number of methoxy groups -OCH3 is 2. The van der Waals surface area contributed by atoms with Crippen molar-refractivity contribution in [1.82, 2.24) is 5.32 Å². The molecule has 0 amide bonds. The second-order valence-electron chi connectivity index (χ2n) is 4.75. The van der Waals surface area contributed by atoms with E-state index in [1.54, 1.807) is 14.2 Å². The first kappa shape index (κ1) is 14.0. The Hall–Kier alpha value is -1.06. The van der Waals surface area contributed by atoms with E-state index in [2.05, 4.69) is 32.2 Å². The molecule has 0 heterocycles. The minimum absolute atomic E-state index is 0.151. The van der Waals surface area contributed by atoms with E-state index in [4.69, 9.17) is 9.47 Å². The molecule has 0 aliphatic heterocycles. The summed E-state index contributed by atoms with van der Waals surface area (Å²) in [6, 6.07) is 6.28. The van der Waals surface area contributed by atoms with Crippen molar-refractivity contribution in [2.24, 2.45) is 0 Å². The van der Waals surface area contributed by atoms with Crippen LogP contribution in [-0.4, -0.2) is 26.9 Å². The fourth-order valence-electron chi connectivity index (χ4n) is 2.09. The summed E-state index contributed by atoms with van der Waals surface area (Å²) in [6.45, 7) is 6.25. The second-order valence-corrected chi connectivity index (χ2v) is 4.75. The molecule has 17 heavy (non-hydrogen) atoms. The average Bonchev–Trinajstić information content (AvgIpc) is 2.31. The molecule has 1 aromatic rings. The quantitative estimate of drug-likeness (QED) is 0.854. The Morgan fingerprint density at radius 1 is 1.24 bits per heavy atom. The minimum Gasteiger partial charge on any atom is -0.497 e. The number of ether oxygens (including phenoxy) is 2. The van der Waals surface area contributed by atoms with E-state index in [0.717, 1.165) is 5.75 Å². The van der Waals surface area contributed by atoms with Gasteiger partial charge in [-0.05, 0) is 51.1 Å². The predicted molar refractivity (Wildman–Crippen MR) is 70.6 cm³/mol. The molecule has 0 fully saturated rings. The van der Waals surface area contributed by atoms with Gasteiger partial charge in [0.05, 0.1) is 18.8 Å². The largest absolute Gasteiger partial charge is 0.497 e. The summed E-state index contributed by atoms with van der Waals surface area (Å²) in [5.74, 6) is 0.885. The number of benzene rings is 1. The Kier molecular flexibility index (Phi) is 4.54. The molecule has 0 aliphatic carbocycles. The Bertz CT molecular complexity index is 374. The SMILES string of the molecule is CNC(c1ccc(OC)cc1C)C(C)(C)OC. The van der Waals surface area contributed by atoms with Crippen molar-refractivity contribution < 1.29 is 9.47 Å². The normalized spacial score (nSPS) is 13.5. The summed E-state index contributed by atoms with van der Waals surface area (Å²) in [7, 11) is 5.38. The molecule has 3 nitrogen and oxygen atoms in total. The van der Waals surface area contributed by atoms with Gasteiger partial charge >= 0.3 is 0 Å². The van der Waals surface area contributed by atoms with Crippen LogP contribution in [-0.2, 0) is 4.74 Å². The van der Waals surface area contributed by atoms with Crippen LogP contribution in [0.5, 0.6) is 5.75 Å². The standard InChI is InChI=1S/C14H23NO2/c1-10-9-11(16-5)7-8-12(10)13(15-4)14(2,3)17-6/h7-9,13,15H,1-6H3. The van der Waals surface area contributed by atoms with Crippen LogP contribution in [0.1, 0.15) is 31.0 Å². The lowest BCUT2D eigenvalue weighted by Crippen LogP contribution is -2.39. The average molecular weight is 237 g/mol. The zero-order chi connectivity index (χ0) is 13.1. The first-order valence-corrected chi connectivity index (χ1v) is 5.83. The zero-order valence-electron chi connectivity index (χ0n) is 11.6. The molecule has 1 rings (SSSR count). The van der Waals surface area contributed by atoms with Crippen molar-refractivity contribution in [2.45, 2.75) is 32.4 Å². The van der Waals surface area contributed by atoms with Crippen LogP contribution in [0.25, 0.3) is 0 Å². The molecular formula is C14H23NO2. The maximum absolute atomic E-state index is 5.56. The molecule has 1 unspecified atom stereocenters. The van der Waals surface area contributed by atoms with Gasteiger partial charge in [0.15, 0.2) is 0 Å². The summed E-state index contributed by atoms with van der Waals surface area (Å²) in [5.41, 5.74) is 2.18. The molecule has 96 valence electrons. The number of rotatable bonds is 5. The van der Waals surface area contributed by atoms with E-state index >= 15 is 0 Å². The van der Waals surface area contributed by atoms with E-state index in [1.807, 2.05) is 19.2 Å². The summed E-state index contributed by atoms with van der Waals surface area (Å²) >= 11 is 0. The van der Waals surface area contributed by atoms with Gasteiger partial charge in [0.2, 0.25) is 0 Å². The van der Waals surface area contributed by atoms with Crippen molar-refractivity contribution >= 4 is 0 Å². The molecule has 1 N–H and O–H groups in total. The maximum Gasteiger partial charge on any atom is 0.119 e. The molecule has 3 heteroatoms. The summed E-state index contributed by atoms with van der Waals surface area (Å²) in [5, 5.41) is 3.32. The summed E-state index contributed by atoms with van der Waals surface area (Å²) in [4.78, 5) is 0. The van der Waals surface area contributed by atoms with Crippen LogP contribution in [0, 0.1) is 6.92 Å². The highest BCUT2D eigenvalue weighted by molar-refractivity contribution is 5.37. The van der Waals surface area contributed by atoms with Crippen LogP contribution in [0.15, 0.2) is 18.2 Å². The van der Waals surface area contributed by atoms with Crippen LogP contribution in [0.4, 0.5) is 0 Å². The third kappa shape index (κ3) is 2.99. The number of hydrogen-bond acceptors (Lipinski definition) is 3. The van der Waals surface area contributed by atoms with E-state index in [1.165, 1.54) is 11.1 Å². The van der Waals surface area contributed by atoms with Crippen LogP contribution in [0.2, 0.25) is 0 Å². The van der Waals surface area contributed by atoms with Crippen molar-refractivity contribution in [3.63, 3.8) is 0 Å². The summed E-state index contributed by atoms with van der Waals surface area (Å²) in [6.07, 6.45) is 0. The van der Waals surface area contributed by atoms with Gasteiger partial charge in [-0.2, -0.15) is 0 Å². The maximum atomic E-state index is 5.56. The van der Waals surface area contributed by atoms with Gasteiger partial charge in [0.1, 0.15) is 5.75 Å². The fraction of sp³-hybridized carbons (Fsp3) is 0.571. The van der Waals surface area contributed by atoms with Crippen molar-refractivity contribution in [1.29, 1.82) is 0 Å². The number of hydrogen-bond donors (Lipinski definition) is 1. The van der Waals surface area contributed by atoms with Gasteiger partial charge in [-0.15, -0.1) is 0 Å². The number of likely N-dealkylation sites (N-methyl/N-ethyl adjacent to an activating group) is 1. The molecule has 0 saturated heterocycles. The Balaban J connectivity index is 3.13. The first-order valence-electron chi connectivity index (χ1n) is 5.83. The van der Waals surface area contributed by atoms with E-state index in [-0.39, 0.29) is 11.6 Å². The Morgan fingerprint density at radius 2 is 1.88 bits per heavy atom. The summed E-state index contributed by atoms with van der Waals surface area (Å²) < 4.78 is 10.8. The predicted octanol–water partition coefficient (Wildman–Crippen LogP) is 2.69. The van der Waals surface area contributed by atoms with Crippen LogP contribution >= 0.6 is 0 Å². The van der Waals surface area contributed by atoms with Gasteiger partial charge in [-0.1, -0.05) is 6.07 Å². The van der Waals surface area contributed by atoms with E-state index in [0.29, 0.717) is 0 Å². The van der Waals surface area contributed by atoms with E-state index in [9.17, 15) is 0 Å². The monoisotopic (exact) mass is 237 g/mol. The molecular weight excluding hydrogens is 214 g/mol. The Labute approximate surface area is 104 Å². The van der Waals surface area contributed by atoms with Gasteiger partial charge in [-0.25, -0.2) is 0 Å².